The van der Waals surface area contributed by atoms with Crippen molar-refractivity contribution in [3.05, 3.63) is 12.2 Å². The summed E-state index contributed by atoms with van der Waals surface area (Å²) in [6, 6.07) is 0.814. The van der Waals surface area contributed by atoms with E-state index in [1.807, 2.05) is 11.6 Å². The van der Waals surface area contributed by atoms with E-state index in [0.29, 0.717) is 11.5 Å². The average Bonchev–Trinajstić information content (AvgIpc) is 2.77. The fourth-order valence-electron chi connectivity index (χ4n) is 1.97. The van der Waals surface area contributed by atoms with E-state index in [4.69, 9.17) is 0 Å². The first-order valence-corrected chi connectivity index (χ1v) is 5.63. The van der Waals surface area contributed by atoms with E-state index in [2.05, 4.69) is 36.3 Å². The van der Waals surface area contributed by atoms with Gasteiger partial charge in [-0.25, -0.2) is 0 Å². The Morgan fingerprint density at radius 2 is 2.13 bits per heavy atom. The Labute approximate surface area is 91.1 Å². The highest BCUT2D eigenvalue weighted by molar-refractivity contribution is 5.00. The molecule has 0 spiro atoms. The molecule has 0 saturated heterocycles. The topological polar surface area (TPSA) is 42.7 Å². The Bertz CT molecular complexity index is 340. The fraction of sp³-hybridized carbons (Fsp3) is 0.818. The van der Waals surface area contributed by atoms with E-state index >= 15 is 0 Å². The lowest BCUT2D eigenvalue weighted by Crippen LogP contribution is -2.36. The van der Waals surface area contributed by atoms with Gasteiger partial charge in [-0.05, 0) is 32.1 Å². The number of nitrogens with one attached hydrogen (secondary N) is 1. The van der Waals surface area contributed by atoms with E-state index in [0.717, 1.165) is 5.82 Å². The van der Waals surface area contributed by atoms with Crippen LogP contribution in [0.5, 0.6) is 0 Å². The van der Waals surface area contributed by atoms with E-state index in [-0.39, 0.29) is 6.04 Å². The summed E-state index contributed by atoms with van der Waals surface area (Å²) >= 11 is 0. The third-order valence-electron chi connectivity index (χ3n) is 3.72. The molecular weight excluding hydrogens is 188 g/mol. The molecular formula is C11H20N4. The minimum atomic E-state index is 0.268. The average molecular weight is 208 g/mol. The molecule has 1 aliphatic carbocycles. The molecule has 0 bridgehead atoms. The molecule has 4 heteroatoms. The van der Waals surface area contributed by atoms with Crippen molar-refractivity contribution in [2.45, 2.75) is 45.7 Å². The standard InChI is InChI=1S/C11H20N4/c1-8(10-14-12-7-15(10)4)13-9(2)11(3)5-6-11/h7-9,13H,5-6H2,1-4H3. The number of aromatic nitrogens is 3. The minimum absolute atomic E-state index is 0.268. The van der Waals surface area contributed by atoms with Crippen molar-refractivity contribution in [1.29, 1.82) is 0 Å². The lowest BCUT2D eigenvalue weighted by Gasteiger charge is -2.24. The van der Waals surface area contributed by atoms with Crippen LogP contribution in [-0.2, 0) is 7.05 Å². The van der Waals surface area contributed by atoms with E-state index in [1.165, 1.54) is 12.8 Å². The van der Waals surface area contributed by atoms with Crippen molar-refractivity contribution in [3.8, 4) is 0 Å². The molecule has 2 atom stereocenters. The summed E-state index contributed by atoms with van der Waals surface area (Å²) in [5.74, 6) is 1.01. The smallest absolute Gasteiger partial charge is 0.149 e. The highest BCUT2D eigenvalue weighted by Crippen LogP contribution is 2.48. The van der Waals surface area contributed by atoms with Crippen LogP contribution in [0.25, 0.3) is 0 Å². The molecule has 1 heterocycles. The van der Waals surface area contributed by atoms with Gasteiger partial charge >= 0.3 is 0 Å². The number of aryl methyl sites for hydroxylation is 1. The van der Waals surface area contributed by atoms with Crippen LogP contribution in [0.3, 0.4) is 0 Å². The van der Waals surface area contributed by atoms with Crippen molar-refractivity contribution < 1.29 is 0 Å². The summed E-state index contributed by atoms with van der Waals surface area (Å²) in [7, 11) is 1.98. The zero-order chi connectivity index (χ0) is 11.1. The molecule has 1 aromatic rings. The maximum atomic E-state index is 4.12. The fourth-order valence-corrected chi connectivity index (χ4v) is 1.97. The highest BCUT2D eigenvalue weighted by atomic mass is 15.3. The first-order valence-electron chi connectivity index (χ1n) is 5.63. The van der Waals surface area contributed by atoms with Crippen LogP contribution in [0, 0.1) is 5.41 Å². The Morgan fingerprint density at radius 1 is 1.47 bits per heavy atom. The molecule has 0 aliphatic heterocycles. The third kappa shape index (κ3) is 2.04. The van der Waals surface area contributed by atoms with E-state index < -0.39 is 0 Å². The zero-order valence-corrected chi connectivity index (χ0v) is 9.99. The van der Waals surface area contributed by atoms with Crippen LogP contribution >= 0.6 is 0 Å². The molecule has 0 radical (unpaired) electrons. The monoisotopic (exact) mass is 208 g/mol. The third-order valence-corrected chi connectivity index (χ3v) is 3.72. The first kappa shape index (κ1) is 10.6. The molecule has 1 N–H and O–H groups in total. The normalized spacial score (nSPS) is 22.4. The number of hydrogen-bond donors (Lipinski definition) is 1. The van der Waals surface area contributed by atoms with Crippen LogP contribution < -0.4 is 5.32 Å². The molecule has 84 valence electrons. The molecule has 1 aliphatic rings. The van der Waals surface area contributed by atoms with Crippen LogP contribution in [0.2, 0.25) is 0 Å². The van der Waals surface area contributed by atoms with E-state index in [1.54, 1.807) is 6.33 Å². The number of nitrogens with zero attached hydrogens (tertiary/aromatic N) is 3. The van der Waals surface area contributed by atoms with Gasteiger partial charge in [-0.3, -0.25) is 0 Å². The molecule has 15 heavy (non-hydrogen) atoms. The molecule has 1 aromatic heterocycles. The Balaban J connectivity index is 1.98. The molecule has 2 unspecified atom stereocenters. The molecule has 0 aromatic carbocycles. The van der Waals surface area contributed by atoms with Gasteiger partial charge in [0.25, 0.3) is 0 Å². The van der Waals surface area contributed by atoms with Gasteiger partial charge in [0.05, 0.1) is 6.04 Å². The van der Waals surface area contributed by atoms with Crippen molar-refractivity contribution in [2.24, 2.45) is 12.5 Å². The summed E-state index contributed by atoms with van der Waals surface area (Å²) < 4.78 is 1.97. The second kappa shape index (κ2) is 3.59. The molecule has 0 amide bonds. The Kier molecular flexibility index (Phi) is 2.54. The van der Waals surface area contributed by atoms with Gasteiger partial charge in [0.15, 0.2) is 0 Å². The summed E-state index contributed by atoms with van der Waals surface area (Å²) in [6.07, 6.45) is 4.43. The van der Waals surface area contributed by atoms with Crippen LogP contribution in [0.15, 0.2) is 6.33 Å². The van der Waals surface area contributed by atoms with Crippen molar-refractivity contribution in [1.82, 2.24) is 20.1 Å². The van der Waals surface area contributed by atoms with Gasteiger partial charge in [-0.1, -0.05) is 6.92 Å². The van der Waals surface area contributed by atoms with Crippen LogP contribution in [-0.4, -0.2) is 20.8 Å². The maximum Gasteiger partial charge on any atom is 0.149 e. The van der Waals surface area contributed by atoms with Gasteiger partial charge in [0.2, 0.25) is 0 Å². The summed E-state index contributed by atoms with van der Waals surface area (Å²) in [4.78, 5) is 0. The Morgan fingerprint density at radius 3 is 2.60 bits per heavy atom. The summed E-state index contributed by atoms with van der Waals surface area (Å²) in [5, 5.41) is 11.6. The highest BCUT2D eigenvalue weighted by Gasteiger charge is 2.42. The van der Waals surface area contributed by atoms with E-state index in [9.17, 15) is 0 Å². The van der Waals surface area contributed by atoms with Gasteiger partial charge in [-0.15, -0.1) is 10.2 Å². The van der Waals surface area contributed by atoms with Crippen molar-refractivity contribution in [3.63, 3.8) is 0 Å². The summed E-state index contributed by atoms with van der Waals surface area (Å²) in [6.45, 7) is 6.75. The Hall–Kier alpha value is -0.900. The lowest BCUT2D eigenvalue weighted by atomic mass is 10.00. The van der Waals surface area contributed by atoms with Gasteiger partial charge < -0.3 is 9.88 Å². The minimum Gasteiger partial charge on any atom is -0.319 e. The quantitative estimate of drug-likeness (QED) is 0.818. The summed E-state index contributed by atoms with van der Waals surface area (Å²) in [5.41, 5.74) is 0.507. The lowest BCUT2D eigenvalue weighted by molar-refractivity contribution is 0.341. The second-order valence-electron chi connectivity index (χ2n) is 5.06. The van der Waals surface area contributed by atoms with Crippen LogP contribution in [0.1, 0.15) is 45.5 Å². The predicted molar refractivity (Wildman–Crippen MR) is 59.4 cm³/mol. The largest absolute Gasteiger partial charge is 0.319 e. The number of hydrogen-bond acceptors (Lipinski definition) is 3. The van der Waals surface area contributed by atoms with Crippen LogP contribution in [0.4, 0.5) is 0 Å². The predicted octanol–water partition coefficient (Wildman–Crippen LogP) is 1.65. The first-order chi connectivity index (χ1) is 7.03. The van der Waals surface area contributed by atoms with Gasteiger partial charge in [0.1, 0.15) is 12.2 Å². The molecule has 1 fully saturated rings. The zero-order valence-electron chi connectivity index (χ0n) is 9.99. The van der Waals surface area contributed by atoms with Crippen molar-refractivity contribution in [2.75, 3.05) is 0 Å². The molecule has 4 nitrogen and oxygen atoms in total. The molecule has 2 rings (SSSR count). The number of rotatable bonds is 4. The SMILES string of the molecule is CC(NC(C)C1(C)CC1)c1nncn1C. The van der Waals surface area contributed by atoms with Gasteiger partial charge in [0, 0.05) is 13.1 Å². The van der Waals surface area contributed by atoms with Crippen molar-refractivity contribution >= 4 is 0 Å². The van der Waals surface area contributed by atoms with Gasteiger partial charge in [-0.2, -0.15) is 0 Å². The maximum absolute atomic E-state index is 4.12. The second-order valence-corrected chi connectivity index (χ2v) is 5.06. The molecule has 1 saturated carbocycles.